The molecule has 0 atom stereocenters. The van der Waals surface area contributed by atoms with E-state index < -0.39 is 0 Å². The number of rotatable bonds is 16. The molecule has 4 spiro atoms. The molecule has 0 radical (unpaired) electrons. The van der Waals surface area contributed by atoms with Crippen LogP contribution in [0.5, 0.6) is 0 Å². The Labute approximate surface area is 803 Å². The van der Waals surface area contributed by atoms with Crippen molar-refractivity contribution >= 4 is 155 Å². The predicted octanol–water partition coefficient (Wildman–Crippen LogP) is 19.8. The van der Waals surface area contributed by atoms with E-state index in [2.05, 4.69) is 208 Å². The van der Waals surface area contributed by atoms with Gasteiger partial charge in [-0.1, -0.05) is 77.0 Å². The van der Waals surface area contributed by atoms with Crippen LogP contribution in [-0.2, 0) is 22.7 Å². The Bertz CT molecular complexity index is 5710. The normalized spacial score (nSPS) is 20.6. The molecule has 24 rings (SSSR count). The number of aliphatic imine (C=N–C) groups is 4. The first-order chi connectivity index (χ1) is 66.4. The summed E-state index contributed by atoms with van der Waals surface area (Å²) >= 11 is 1.73. The third-order valence-corrected chi connectivity index (χ3v) is 32.7. The van der Waals surface area contributed by atoms with Crippen LogP contribution in [0.2, 0.25) is 0 Å². The lowest BCUT2D eigenvalue weighted by Gasteiger charge is -2.39. The van der Waals surface area contributed by atoms with Gasteiger partial charge in [0, 0.05) is 205 Å². The van der Waals surface area contributed by atoms with Gasteiger partial charge in [0.25, 0.3) is 0 Å². The smallest absolute Gasteiger partial charge is 0.231 e. The van der Waals surface area contributed by atoms with Crippen LogP contribution in [0.1, 0.15) is 237 Å². The fourth-order valence-electron chi connectivity index (χ4n) is 23.8. The predicted molar refractivity (Wildman–Crippen MR) is 550 cm³/mol. The molecule has 4 saturated carbocycles. The van der Waals surface area contributed by atoms with E-state index in [0.29, 0.717) is 53.5 Å². The van der Waals surface area contributed by atoms with Gasteiger partial charge in [-0.2, -0.15) is 4.98 Å². The van der Waals surface area contributed by atoms with Gasteiger partial charge in [-0.25, -0.2) is 74.3 Å². The molecule has 19 heterocycles. The lowest BCUT2D eigenvalue weighted by molar-refractivity contribution is 0.209. The highest BCUT2D eigenvalue weighted by atomic mass is 32.1. The molecule has 712 valence electrons. The lowest BCUT2D eigenvalue weighted by atomic mass is 9.65. The molecule has 11 aromatic heterocycles. The number of hydrogen-bond donors (Lipinski definition) is 4. The van der Waals surface area contributed by atoms with Gasteiger partial charge in [0.05, 0.1) is 92.7 Å². The molecule has 11 aromatic rings. The first-order valence-corrected chi connectivity index (χ1v) is 51.7. The van der Waals surface area contributed by atoms with E-state index in [0.717, 1.165) is 215 Å². The molecule has 136 heavy (non-hydrogen) atoms. The van der Waals surface area contributed by atoms with E-state index in [1.54, 1.807) is 28.4 Å². The molecule has 32 heteroatoms. The van der Waals surface area contributed by atoms with E-state index >= 15 is 0 Å². The number of aromatic nitrogens is 14. The fourth-order valence-corrected chi connectivity index (χ4v) is 24.9. The number of fused-ring (bicyclic) bond motifs is 15. The quantitative estimate of drug-likeness (QED) is 0.0698. The Hall–Kier alpha value is -11.5. The average Bonchev–Trinajstić information content (AvgIpc) is 1.59. The van der Waals surface area contributed by atoms with Crippen LogP contribution in [0.25, 0.3) is 32.5 Å². The average molecular weight is 1850 g/mol. The van der Waals surface area contributed by atoms with Crippen LogP contribution >= 0.6 is 11.3 Å². The number of thiophene rings is 1. The van der Waals surface area contributed by atoms with Crippen LogP contribution in [0, 0.1) is 5.41 Å². The molecule has 8 aliphatic heterocycles. The van der Waals surface area contributed by atoms with Crippen molar-refractivity contribution in [1.82, 2.24) is 89.0 Å². The molecule has 4 saturated heterocycles. The summed E-state index contributed by atoms with van der Waals surface area (Å²) in [4.78, 5) is 95.0. The maximum absolute atomic E-state index is 6.05. The van der Waals surface area contributed by atoms with Crippen LogP contribution in [0.3, 0.4) is 0 Å². The molecular formula is C104H134N30OS. The van der Waals surface area contributed by atoms with Crippen molar-refractivity contribution in [1.29, 1.82) is 0 Å². The number of furan rings is 1. The van der Waals surface area contributed by atoms with Gasteiger partial charge >= 0.3 is 0 Å². The number of hydrogen-bond acceptors (Lipinski definition) is 31. The van der Waals surface area contributed by atoms with Gasteiger partial charge in [0.1, 0.15) is 40.1 Å². The minimum atomic E-state index is 0.103. The Morgan fingerprint density at radius 1 is 0.353 bits per heavy atom. The van der Waals surface area contributed by atoms with Gasteiger partial charge in [-0.15, -0.1) is 16.4 Å². The van der Waals surface area contributed by atoms with Gasteiger partial charge in [-0.3, -0.25) is 24.6 Å². The van der Waals surface area contributed by atoms with Gasteiger partial charge in [0.15, 0.2) is 17.0 Å². The van der Waals surface area contributed by atoms with Gasteiger partial charge < -0.3 is 45.3 Å². The van der Waals surface area contributed by atoms with E-state index in [1.165, 1.54) is 173 Å². The lowest BCUT2D eigenvalue weighted by Crippen LogP contribution is -2.48. The first-order valence-electron chi connectivity index (χ1n) is 50.9. The van der Waals surface area contributed by atoms with Gasteiger partial charge in [0.2, 0.25) is 29.7 Å². The minimum absolute atomic E-state index is 0.103. The van der Waals surface area contributed by atoms with Crippen molar-refractivity contribution in [2.45, 2.75) is 256 Å². The second kappa shape index (κ2) is 39.6. The highest BCUT2D eigenvalue weighted by Gasteiger charge is 2.47. The summed E-state index contributed by atoms with van der Waals surface area (Å²) in [5, 5.41) is 19.1. The number of nitrogens with one attached hydrogen (secondary N) is 4. The summed E-state index contributed by atoms with van der Waals surface area (Å²) in [5.74, 6) is 6.89. The Kier molecular flexibility index (Phi) is 26.5. The SMILES string of the molecule is CC(C)N1CCN(c2ccc(Nc3ncc4c(n3)C3=C(C4)N=CCC34CCCCC4)nc2)CC1.CC(C)N1CCN(c2ccc(Nc3ncc4oc5c(c4n3)C3(CC=N5)CCCCC3)nc2)CC1.CC(C)N1CCN(c2ccc(Nc3ncc4sc5c(c4n3)C3(CC=N5)CCCCC3)nc2)CC1.CC(C)N1CCN(c2ccc(Nc3ncn4nc5c(c4n3)C3(CC=N5)CCCCC3)nc2)CC1. The zero-order valence-corrected chi connectivity index (χ0v) is 81.6. The number of anilines is 12. The summed E-state index contributed by atoms with van der Waals surface area (Å²) in [7, 11) is 0. The summed E-state index contributed by atoms with van der Waals surface area (Å²) < 4.78 is 8.96. The van der Waals surface area contributed by atoms with Crippen molar-refractivity contribution in [3.8, 4) is 0 Å². The maximum atomic E-state index is 6.05. The van der Waals surface area contributed by atoms with Crippen LogP contribution in [-0.4, -0.2) is 243 Å². The summed E-state index contributed by atoms with van der Waals surface area (Å²) in [6, 6.07) is 19.1. The van der Waals surface area contributed by atoms with Crippen LogP contribution in [0.4, 0.5) is 86.5 Å². The largest absolute Gasteiger partial charge is 0.435 e. The first kappa shape index (κ1) is 91.0. The number of nitrogens with zero attached hydrogens (tertiary/aromatic N) is 26. The standard InChI is InChI=1S/C27H35N7.C26H33N7O.C26H33N7S.C25H33N9/c1-19(2)33-12-14-34(15-13-33)21-6-7-23(29-18-21)31-26-30-17-20-16-22-24(25(20)32-26)27(10-11-28-22)8-4-3-5-9-27;2*1-18(2)32-12-14-33(15-13-32)19-6-7-21(28-16-19)30-25-29-17-20-23(31-25)22-24(34-20)27-11-10-26(22)8-4-3-5-9-26;1-18(2)32-12-14-33(15-13-32)19-6-7-20(27-16-19)29-24-28-17-34-23(30-24)21-22(31-34)26-11-10-25(21)8-4-3-5-9-25/h6-7,11,17-19H,3-5,8-10,12-16H2,1-2H3,(H,29,30,31,32);2*6-7,11,16-18H,3-5,8-10,12-15H2,1-2H3,(H,28,29,30,31);6-7,11,16-18H,3-5,8-10,12-15H2,1-2H3,(H,27,29,30). The van der Waals surface area contributed by atoms with E-state index in [9.17, 15) is 0 Å². The fraction of sp³-hybridized carbons (Fsp3) is 0.548. The molecule has 0 aromatic carbocycles. The molecular weight excluding hydrogens is 1720 g/mol. The van der Waals surface area contributed by atoms with Gasteiger partial charge in [-0.05, 0) is 181 Å². The third-order valence-electron chi connectivity index (χ3n) is 31.7. The summed E-state index contributed by atoms with van der Waals surface area (Å²) in [5.41, 5.74) is 17.6. The monoisotopic (exact) mass is 1850 g/mol. The zero-order chi connectivity index (χ0) is 92.5. The van der Waals surface area contributed by atoms with Crippen molar-refractivity contribution in [3.63, 3.8) is 0 Å². The molecule has 0 bridgehead atoms. The number of piperazine rings is 4. The van der Waals surface area contributed by atoms with E-state index in [1.807, 2.05) is 73.9 Å². The van der Waals surface area contributed by atoms with E-state index in [4.69, 9.17) is 34.3 Å². The highest BCUT2D eigenvalue weighted by molar-refractivity contribution is 7.22. The second-order valence-corrected chi connectivity index (χ2v) is 42.1. The number of pyridine rings is 4. The Morgan fingerprint density at radius 3 is 1.20 bits per heavy atom. The van der Waals surface area contributed by atoms with Crippen molar-refractivity contribution < 1.29 is 4.42 Å². The van der Waals surface area contributed by atoms with Crippen molar-refractivity contribution in [2.24, 2.45) is 25.4 Å². The number of allylic oxidation sites excluding steroid dienone is 2. The maximum Gasteiger partial charge on any atom is 0.231 e. The van der Waals surface area contributed by atoms with Crippen molar-refractivity contribution in [2.75, 3.05) is 146 Å². The molecule has 4 N–H and O–H groups in total. The molecule has 0 amide bonds. The summed E-state index contributed by atoms with van der Waals surface area (Å²) in [6.07, 6.45) is 53.6. The highest BCUT2D eigenvalue weighted by Crippen LogP contribution is 2.58. The minimum Gasteiger partial charge on any atom is -0.435 e. The molecule has 31 nitrogen and oxygen atoms in total. The van der Waals surface area contributed by atoms with Crippen LogP contribution < -0.4 is 40.9 Å². The molecule has 8 fully saturated rings. The Balaban J connectivity index is 0.000000108. The molecule has 5 aliphatic carbocycles. The summed E-state index contributed by atoms with van der Waals surface area (Å²) in [6.45, 7) is 35.2. The third kappa shape index (κ3) is 19.0. The topological polar surface area (TPSA) is 309 Å². The molecule has 0 unspecified atom stereocenters. The van der Waals surface area contributed by atoms with Crippen LogP contribution in [0.15, 0.2) is 128 Å². The molecule has 13 aliphatic rings. The second-order valence-electron chi connectivity index (χ2n) is 41.1. The zero-order valence-electron chi connectivity index (χ0n) is 80.8. The van der Waals surface area contributed by atoms with Crippen molar-refractivity contribution in [3.05, 3.63) is 132 Å². The Morgan fingerprint density at radius 2 is 0.743 bits per heavy atom. The van der Waals surface area contributed by atoms with E-state index in [-0.39, 0.29) is 21.7 Å².